The number of aryl methyl sites for hydroxylation is 1. The van der Waals surface area contributed by atoms with Crippen molar-refractivity contribution < 1.29 is 19.5 Å². The van der Waals surface area contributed by atoms with Crippen LogP contribution in [0.15, 0.2) is 22.1 Å². The van der Waals surface area contributed by atoms with E-state index in [2.05, 4.69) is 16.9 Å². The van der Waals surface area contributed by atoms with Gasteiger partial charge in [-0.15, -0.1) is 0 Å². The van der Waals surface area contributed by atoms with E-state index in [4.69, 9.17) is 5.11 Å². The number of aliphatic imine (C=N–C) groups is 2. The Morgan fingerprint density at radius 1 is 0.806 bits per heavy atom. The molecule has 0 heterocycles. The Balaban J connectivity index is 2.40. The van der Waals surface area contributed by atoms with Crippen molar-refractivity contribution in [1.82, 2.24) is 0 Å². The van der Waals surface area contributed by atoms with E-state index in [9.17, 15) is 14.4 Å². The van der Waals surface area contributed by atoms with Crippen LogP contribution < -0.4 is 0 Å². The van der Waals surface area contributed by atoms with Gasteiger partial charge in [-0.05, 0) is 24.5 Å². The summed E-state index contributed by atoms with van der Waals surface area (Å²) < 4.78 is 0. The number of nitrogens with zero attached hydrogens (tertiary/aromatic N) is 2. The van der Waals surface area contributed by atoms with Crippen molar-refractivity contribution in [1.29, 1.82) is 0 Å². The van der Waals surface area contributed by atoms with E-state index < -0.39 is 5.97 Å². The van der Waals surface area contributed by atoms with Crippen LogP contribution in [0.4, 0.5) is 11.4 Å². The zero-order chi connectivity index (χ0) is 22.7. The SMILES string of the molecule is CCCCCCCCCCCCCCCc1ccc(N=C=O)c(CC(=O)O)c1N=C=O. The summed E-state index contributed by atoms with van der Waals surface area (Å²) in [4.78, 5) is 40.0. The molecule has 0 amide bonds. The lowest BCUT2D eigenvalue weighted by atomic mass is 9.97. The summed E-state index contributed by atoms with van der Waals surface area (Å²) in [7, 11) is 0. The van der Waals surface area contributed by atoms with Crippen LogP contribution in [0.3, 0.4) is 0 Å². The first-order valence-corrected chi connectivity index (χ1v) is 11.7. The van der Waals surface area contributed by atoms with Gasteiger partial charge in [0.1, 0.15) is 0 Å². The average molecular weight is 429 g/mol. The highest BCUT2D eigenvalue weighted by molar-refractivity contribution is 5.79. The highest BCUT2D eigenvalue weighted by atomic mass is 16.4. The molecule has 31 heavy (non-hydrogen) atoms. The van der Waals surface area contributed by atoms with Crippen molar-refractivity contribution in [2.75, 3.05) is 0 Å². The molecular weight excluding hydrogens is 392 g/mol. The Morgan fingerprint density at radius 3 is 1.81 bits per heavy atom. The molecule has 0 bridgehead atoms. The second kappa shape index (κ2) is 17.2. The van der Waals surface area contributed by atoms with Crippen LogP contribution in [0.5, 0.6) is 0 Å². The molecule has 0 aliphatic rings. The average Bonchev–Trinajstić information content (AvgIpc) is 2.74. The predicted octanol–water partition coefficient (Wildman–Crippen LogP) is 6.88. The molecule has 170 valence electrons. The molecule has 1 rings (SSSR count). The number of hydrogen-bond acceptors (Lipinski definition) is 5. The molecule has 0 saturated heterocycles. The van der Waals surface area contributed by atoms with Crippen LogP contribution in [-0.2, 0) is 27.2 Å². The van der Waals surface area contributed by atoms with Crippen LogP contribution in [0.1, 0.15) is 102 Å². The van der Waals surface area contributed by atoms with Gasteiger partial charge in [0.25, 0.3) is 0 Å². The number of aliphatic carboxylic acids is 1. The normalized spacial score (nSPS) is 10.4. The molecular formula is C25H36N2O4. The van der Waals surface area contributed by atoms with Crippen LogP contribution in [-0.4, -0.2) is 23.2 Å². The molecule has 0 spiro atoms. The van der Waals surface area contributed by atoms with Crippen molar-refractivity contribution >= 4 is 29.5 Å². The van der Waals surface area contributed by atoms with Gasteiger partial charge in [-0.25, -0.2) is 9.59 Å². The summed E-state index contributed by atoms with van der Waals surface area (Å²) in [5.74, 6) is -1.08. The number of carbonyl (C=O) groups excluding carboxylic acids is 2. The lowest BCUT2D eigenvalue weighted by Gasteiger charge is -2.11. The largest absolute Gasteiger partial charge is 0.481 e. The third-order valence-corrected chi connectivity index (χ3v) is 5.54. The van der Waals surface area contributed by atoms with Crippen molar-refractivity contribution in [2.24, 2.45) is 9.98 Å². The van der Waals surface area contributed by atoms with Gasteiger partial charge < -0.3 is 5.11 Å². The van der Waals surface area contributed by atoms with E-state index in [-0.39, 0.29) is 23.4 Å². The van der Waals surface area contributed by atoms with E-state index in [1.54, 1.807) is 12.1 Å². The summed E-state index contributed by atoms with van der Waals surface area (Å²) in [5.41, 5.74) is 1.49. The topological polar surface area (TPSA) is 96.2 Å². The van der Waals surface area contributed by atoms with Crippen molar-refractivity contribution in [3.8, 4) is 0 Å². The maximum atomic E-state index is 11.2. The van der Waals surface area contributed by atoms with Gasteiger partial charge in [0.15, 0.2) is 0 Å². The molecule has 6 nitrogen and oxygen atoms in total. The first-order valence-electron chi connectivity index (χ1n) is 11.7. The standard InChI is InChI=1S/C25H36N2O4/c1-2-3-4-5-6-7-8-9-10-11-12-13-14-15-21-16-17-23(26-19-28)22(18-24(30)31)25(21)27-20-29/h16-17H,2-15,18H2,1H3,(H,30,31). The molecule has 0 aliphatic heterocycles. The summed E-state index contributed by atoms with van der Waals surface area (Å²) in [6.07, 6.45) is 19.7. The van der Waals surface area contributed by atoms with E-state index in [1.165, 1.54) is 76.4 Å². The maximum absolute atomic E-state index is 11.2. The molecule has 0 fully saturated rings. The summed E-state index contributed by atoms with van der Waals surface area (Å²) in [6, 6.07) is 3.34. The smallest absolute Gasteiger partial charge is 0.307 e. The fraction of sp³-hybridized carbons (Fsp3) is 0.640. The van der Waals surface area contributed by atoms with Gasteiger partial charge in [-0.1, -0.05) is 90.0 Å². The quantitative estimate of drug-likeness (QED) is 0.156. The van der Waals surface area contributed by atoms with Crippen molar-refractivity contribution in [3.05, 3.63) is 23.3 Å². The fourth-order valence-electron chi connectivity index (χ4n) is 3.87. The van der Waals surface area contributed by atoms with E-state index in [1.807, 2.05) is 0 Å². The number of carboxylic acid groups (broad SMARTS) is 1. The Bertz CT molecular complexity index is 763. The van der Waals surface area contributed by atoms with Gasteiger partial charge in [-0.2, -0.15) is 9.98 Å². The van der Waals surface area contributed by atoms with Crippen LogP contribution in [0, 0.1) is 0 Å². The maximum Gasteiger partial charge on any atom is 0.307 e. The Morgan fingerprint density at radius 2 is 1.32 bits per heavy atom. The molecule has 6 heteroatoms. The van der Waals surface area contributed by atoms with Gasteiger partial charge in [0, 0.05) is 5.56 Å². The number of isocyanates is 2. The minimum atomic E-state index is -1.08. The third kappa shape index (κ3) is 11.4. The molecule has 1 N–H and O–H groups in total. The van der Waals surface area contributed by atoms with E-state index in [0.29, 0.717) is 6.42 Å². The third-order valence-electron chi connectivity index (χ3n) is 5.54. The molecule has 0 aliphatic carbocycles. The highest BCUT2D eigenvalue weighted by Crippen LogP contribution is 2.34. The Labute approximate surface area is 185 Å². The number of hydrogen-bond donors (Lipinski definition) is 1. The highest BCUT2D eigenvalue weighted by Gasteiger charge is 2.16. The second-order valence-electron chi connectivity index (χ2n) is 8.04. The Kier molecular flexibility index (Phi) is 14.7. The monoisotopic (exact) mass is 428 g/mol. The molecule has 0 unspecified atom stereocenters. The number of unbranched alkanes of at least 4 members (excludes halogenated alkanes) is 12. The minimum Gasteiger partial charge on any atom is -0.481 e. The first-order chi connectivity index (χ1) is 15.1. The van der Waals surface area contributed by atoms with Gasteiger partial charge in [-0.3, -0.25) is 4.79 Å². The Hall–Kier alpha value is -2.55. The molecule has 0 atom stereocenters. The van der Waals surface area contributed by atoms with Gasteiger partial charge in [0.2, 0.25) is 12.2 Å². The molecule has 0 radical (unpaired) electrons. The molecule has 0 aromatic heterocycles. The predicted molar refractivity (Wildman–Crippen MR) is 123 cm³/mol. The summed E-state index contributed by atoms with van der Waals surface area (Å²) in [5, 5.41) is 9.16. The zero-order valence-corrected chi connectivity index (χ0v) is 18.8. The zero-order valence-electron chi connectivity index (χ0n) is 18.8. The molecule has 1 aromatic rings. The van der Waals surface area contributed by atoms with Crippen LogP contribution in [0.2, 0.25) is 0 Å². The van der Waals surface area contributed by atoms with E-state index >= 15 is 0 Å². The second-order valence-corrected chi connectivity index (χ2v) is 8.04. The van der Waals surface area contributed by atoms with Gasteiger partial charge >= 0.3 is 5.97 Å². The fourth-order valence-corrected chi connectivity index (χ4v) is 3.87. The number of benzene rings is 1. The summed E-state index contributed by atoms with van der Waals surface area (Å²) >= 11 is 0. The molecule has 1 aromatic carbocycles. The van der Waals surface area contributed by atoms with Crippen molar-refractivity contribution in [3.63, 3.8) is 0 Å². The lowest BCUT2D eigenvalue weighted by molar-refractivity contribution is -0.136. The van der Waals surface area contributed by atoms with Crippen LogP contribution >= 0.6 is 0 Å². The number of rotatable bonds is 18. The van der Waals surface area contributed by atoms with Crippen molar-refractivity contribution in [2.45, 2.75) is 103 Å². The van der Waals surface area contributed by atoms with Crippen LogP contribution in [0.25, 0.3) is 0 Å². The van der Waals surface area contributed by atoms with Gasteiger partial charge in [0.05, 0.1) is 17.8 Å². The number of carboxylic acids is 1. The molecule has 0 saturated carbocycles. The van der Waals surface area contributed by atoms with E-state index in [0.717, 1.165) is 24.8 Å². The number of carbonyl (C=O) groups is 1. The minimum absolute atomic E-state index is 0.181. The summed E-state index contributed by atoms with van der Waals surface area (Å²) in [6.45, 7) is 2.25. The lowest BCUT2D eigenvalue weighted by Crippen LogP contribution is -2.02. The first kappa shape index (κ1) is 26.5.